The highest BCUT2D eigenvalue weighted by atomic mass is 13.9. The first kappa shape index (κ1) is 2.30. The Morgan fingerprint density at radius 3 is 2.67 bits per heavy atom. The van der Waals surface area contributed by atoms with E-state index in [0.717, 1.165) is 0 Å². The molecular weight excluding hydrogens is 108 g/mol. The Bertz CT molecular complexity index is 354. The van der Waals surface area contributed by atoms with Gasteiger partial charge >= 0.3 is 0 Å². The molecule has 0 saturated heterocycles. The molecular formula is C9H10. The van der Waals surface area contributed by atoms with Gasteiger partial charge in [-0.3, -0.25) is 0 Å². The van der Waals surface area contributed by atoms with E-state index in [0.29, 0.717) is 5.56 Å². The van der Waals surface area contributed by atoms with Gasteiger partial charge in [-0.1, -0.05) is 36.3 Å². The van der Waals surface area contributed by atoms with Crippen LogP contribution in [0.25, 0.3) is 0 Å². The van der Waals surface area contributed by atoms with E-state index in [-0.39, 0.29) is 36.6 Å². The number of hydrogen-bond acceptors (Lipinski definition) is 0. The third kappa shape index (κ3) is 1.73. The van der Waals surface area contributed by atoms with Gasteiger partial charge in [-0.15, -0.1) is 6.58 Å². The summed E-state index contributed by atoms with van der Waals surface area (Å²) >= 11 is 0. The summed E-state index contributed by atoms with van der Waals surface area (Å²) in [5, 5.41) is 0. The van der Waals surface area contributed by atoms with Crippen LogP contribution in [-0.4, -0.2) is 0 Å². The van der Waals surface area contributed by atoms with E-state index >= 15 is 0 Å². The van der Waals surface area contributed by atoms with E-state index in [2.05, 4.69) is 6.58 Å². The molecule has 0 N–H and O–H groups in total. The SMILES string of the molecule is [2H]c1c([2H])c([2H])c(CC=C)c([2H])c1[2H]. The average Bonchev–Trinajstić information content (AvgIpc) is 2.19. The number of hydrogen-bond donors (Lipinski definition) is 0. The van der Waals surface area contributed by atoms with Gasteiger partial charge in [0.05, 0.1) is 6.85 Å². The molecule has 0 aliphatic heterocycles. The van der Waals surface area contributed by atoms with Crippen molar-refractivity contribution in [2.75, 3.05) is 0 Å². The van der Waals surface area contributed by atoms with Crippen LogP contribution < -0.4 is 0 Å². The van der Waals surface area contributed by atoms with Crippen LogP contribution in [0.4, 0.5) is 0 Å². The third-order valence-corrected chi connectivity index (χ3v) is 0.900. The maximum atomic E-state index is 7.52. The molecule has 9 heavy (non-hydrogen) atoms. The van der Waals surface area contributed by atoms with Crippen LogP contribution in [0.2, 0.25) is 0 Å². The largest absolute Gasteiger partial charge is 0.103 e. The zero-order valence-electron chi connectivity index (χ0n) is 9.99. The van der Waals surface area contributed by atoms with Crippen LogP contribution in [0.15, 0.2) is 42.9 Å². The fourth-order valence-corrected chi connectivity index (χ4v) is 0.522. The molecule has 0 aromatic heterocycles. The maximum absolute atomic E-state index is 7.52. The van der Waals surface area contributed by atoms with Crippen molar-refractivity contribution in [3.05, 3.63) is 48.4 Å². The number of benzene rings is 1. The lowest BCUT2D eigenvalue weighted by Gasteiger charge is -1.91. The van der Waals surface area contributed by atoms with Gasteiger partial charge in [-0.05, 0) is 12.0 Å². The third-order valence-electron chi connectivity index (χ3n) is 0.900. The van der Waals surface area contributed by atoms with Crippen molar-refractivity contribution < 1.29 is 6.85 Å². The standard InChI is InChI=1S/C9H10/c1-2-6-9-7-4-3-5-8-9/h2-5,7-8H,1,6H2/i3D,4D,5D,7D,8D. The first-order chi connectivity index (χ1) is 6.50. The molecule has 0 aliphatic rings. The Hall–Kier alpha value is -1.04. The van der Waals surface area contributed by atoms with E-state index in [1.54, 1.807) is 0 Å². The normalized spacial score (nSPS) is 16.7. The molecule has 0 unspecified atom stereocenters. The lowest BCUT2D eigenvalue weighted by molar-refractivity contribution is 1.28. The molecule has 1 rings (SSSR count). The van der Waals surface area contributed by atoms with Crippen molar-refractivity contribution in [3.8, 4) is 0 Å². The zero-order chi connectivity index (χ0) is 10.9. The molecule has 0 saturated carbocycles. The van der Waals surface area contributed by atoms with E-state index in [1.165, 1.54) is 6.08 Å². The Kier molecular flexibility index (Phi) is 0.786. The highest BCUT2D eigenvalue weighted by Crippen LogP contribution is 1.98. The van der Waals surface area contributed by atoms with Gasteiger partial charge in [-0.2, -0.15) is 0 Å². The van der Waals surface area contributed by atoms with Gasteiger partial charge in [0.25, 0.3) is 0 Å². The predicted molar refractivity (Wildman–Crippen MR) is 40.3 cm³/mol. The summed E-state index contributed by atoms with van der Waals surface area (Å²) in [5.74, 6) is 0. The van der Waals surface area contributed by atoms with Gasteiger partial charge in [0.15, 0.2) is 0 Å². The molecule has 0 amide bonds. The zero-order valence-corrected chi connectivity index (χ0v) is 4.99. The molecule has 1 aromatic rings. The van der Waals surface area contributed by atoms with Gasteiger partial charge in [-0.25, -0.2) is 0 Å². The predicted octanol–water partition coefficient (Wildman–Crippen LogP) is 2.42. The molecule has 0 atom stereocenters. The Morgan fingerprint density at radius 1 is 1.44 bits per heavy atom. The second-order valence-electron chi connectivity index (χ2n) is 1.60. The molecule has 0 heterocycles. The van der Waals surface area contributed by atoms with Crippen LogP contribution in [0.5, 0.6) is 0 Å². The van der Waals surface area contributed by atoms with Crippen LogP contribution >= 0.6 is 0 Å². The second kappa shape index (κ2) is 3.08. The maximum Gasteiger partial charge on any atom is 0.0626 e. The van der Waals surface area contributed by atoms with Crippen molar-refractivity contribution in [2.24, 2.45) is 0 Å². The van der Waals surface area contributed by atoms with Crippen molar-refractivity contribution in [1.29, 1.82) is 0 Å². The molecule has 0 spiro atoms. The first-order valence-corrected chi connectivity index (χ1v) is 2.67. The van der Waals surface area contributed by atoms with Gasteiger partial charge < -0.3 is 0 Å². The lowest BCUT2D eigenvalue weighted by Crippen LogP contribution is -1.75. The van der Waals surface area contributed by atoms with E-state index in [9.17, 15) is 0 Å². The van der Waals surface area contributed by atoms with Crippen LogP contribution in [0, 0.1) is 0 Å². The fraction of sp³-hybridized carbons (Fsp3) is 0.111. The van der Waals surface area contributed by atoms with Crippen molar-refractivity contribution >= 4 is 0 Å². The summed E-state index contributed by atoms with van der Waals surface area (Å²) in [6.07, 6.45) is 1.81. The second-order valence-corrected chi connectivity index (χ2v) is 1.60. The quantitative estimate of drug-likeness (QED) is 0.530. The number of allylic oxidation sites excluding steroid dienone is 1. The summed E-state index contributed by atoms with van der Waals surface area (Å²) in [6.45, 7) is 3.48. The molecule has 0 heteroatoms. The van der Waals surface area contributed by atoms with Crippen molar-refractivity contribution in [1.82, 2.24) is 0 Å². The Labute approximate surface area is 62.9 Å². The minimum Gasteiger partial charge on any atom is -0.103 e. The van der Waals surface area contributed by atoms with Gasteiger partial charge in [0, 0.05) is 0 Å². The van der Waals surface area contributed by atoms with Crippen LogP contribution in [0.1, 0.15) is 12.4 Å². The summed E-state index contributed by atoms with van der Waals surface area (Å²) in [6, 6.07) is -1.22. The molecule has 1 aromatic carbocycles. The monoisotopic (exact) mass is 123 g/mol. The summed E-state index contributed by atoms with van der Waals surface area (Å²) < 4.78 is 37.1. The lowest BCUT2D eigenvalue weighted by atomic mass is 10.2. The molecule has 0 fully saturated rings. The highest BCUT2D eigenvalue weighted by molar-refractivity contribution is 5.16. The van der Waals surface area contributed by atoms with Crippen molar-refractivity contribution in [2.45, 2.75) is 6.42 Å². The van der Waals surface area contributed by atoms with E-state index in [4.69, 9.17) is 6.85 Å². The highest BCUT2D eigenvalue weighted by Gasteiger charge is 1.82. The van der Waals surface area contributed by atoms with E-state index in [1.807, 2.05) is 0 Å². The minimum atomic E-state index is -0.354. The fourth-order valence-electron chi connectivity index (χ4n) is 0.522. The molecule has 0 nitrogen and oxygen atoms in total. The van der Waals surface area contributed by atoms with Crippen molar-refractivity contribution in [3.63, 3.8) is 0 Å². The average molecular weight is 123 g/mol. The van der Waals surface area contributed by atoms with Gasteiger partial charge in [0.2, 0.25) is 0 Å². The summed E-state index contributed by atoms with van der Waals surface area (Å²) in [7, 11) is 0. The molecule has 46 valence electrons. The van der Waals surface area contributed by atoms with Crippen LogP contribution in [-0.2, 0) is 6.42 Å². The Balaban J connectivity index is 3.50. The molecule has 0 radical (unpaired) electrons. The smallest absolute Gasteiger partial charge is 0.0626 e. The minimum absolute atomic E-state index is 0.143. The molecule has 0 bridgehead atoms. The summed E-state index contributed by atoms with van der Waals surface area (Å²) in [4.78, 5) is 0. The van der Waals surface area contributed by atoms with Gasteiger partial charge in [0.1, 0.15) is 0 Å². The Morgan fingerprint density at radius 2 is 2.11 bits per heavy atom. The number of rotatable bonds is 2. The molecule has 0 aliphatic carbocycles. The van der Waals surface area contributed by atoms with Crippen LogP contribution in [0.3, 0.4) is 0 Å². The first-order valence-electron chi connectivity index (χ1n) is 5.17. The summed E-state index contributed by atoms with van der Waals surface area (Å²) in [5.41, 5.74) is 0.297. The van der Waals surface area contributed by atoms with E-state index < -0.39 is 0 Å². The topological polar surface area (TPSA) is 0 Å².